The summed E-state index contributed by atoms with van der Waals surface area (Å²) >= 11 is -0.542. The van der Waals surface area contributed by atoms with Crippen molar-refractivity contribution in [2.75, 3.05) is 0 Å². The van der Waals surface area contributed by atoms with Gasteiger partial charge in [0.25, 0.3) is 0 Å². The van der Waals surface area contributed by atoms with Crippen LogP contribution < -0.4 is 0 Å². The van der Waals surface area contributed by atoms with Crippen molar-refractivity contribution >= 4 is 0 Å². The maximum absolute atomic E-state index is 2.36. The Bertz CT molecular complexity index is 116. The molecule has 0 aromatic carbocycles. The third kappa shape index (κ3) is 8.26. The van der Waals surface area contributed by atoms with E-state index in [2.05, 4.69) is 27.7 Å². The van der Waals surface area contributed by atoms with Crippen LogP contribution in [0.4, 0.5) is 0 Å². The van der Waals surface area contributed by atoms with E-state index in [9.17, 15) is 0 Å². The van der Waals surface area contributed by atoms with Gasteiger partial charge in [0.05, 0.1) is 0 Å². The summed E-state index contributed by atoms with van der Waals surface area (Å²) in [6, 6.07) is 0. The molecule has 0 bridgehead atoms. The summed E-state index contributed by atoms with van der Waals surface area (Å²) in [6.45, 7) is 9.42. The van der Waals surface area contributed by atoms with Gasteiger partial charge in [-0.1, -0.05) is 0 Å². The first kappa shape index (κ1) is 17.5. The Kier molecular flexibility index (Phi) is 11.9. The molecule has 0 rings (SSSR count). The molecule has 0 aliphatic carbocycles. The minimum absolute atomic E-state index is 0.542. The molecule has 109 valence electrons. The van der Waals surface area contributed by atoms with Gasteiger partial charge in [-0.05, 0) is 0 Å². The van der Waals surface area contributed by atoms with Crippen molar-refractivity contribution < 1.29 is 12.6 Å². The van der Waals surface area contributed by atoms with Crippen LogP contribution in [-0.4, -0.2) is 0 Å². The summed E-state index contributed by atoms with van der Waals surface area (Å²) in [5.74, 6) is 0. The summed E-state index contributed by atoms with van der Waals surface area (Å²) in [5, 5.41) is 6.40. The molecule has 0 radical (unpaired) electrons. The molecule has 0 amide bonds. The third-order valence-corrected chi connectivity index (χ3v) is 9.19. The third-order valence-electron chi connectivity index (χ3n) is 3.30. The van der Waals surface area contributed by atoms with E-state index in [0.717, 1.165) is 0 Å². The predicted molar refractivity (Wildman–Crippen MR) is 78.9 cm³/mol. The number of unbranched alkanes of at least 4 members (excludes halogenated alkanes) is 4. The molecule has 0 atom stereocenters. The topological polar surface area (TPSA) is 0 Å². The quantitative estimate of drug-likeness (QED) is 0.362. The average Bonchev–Trinajstić information content (AvgIpc) is 2.37. The van der Waals surface area contributed by atoms with E-state index in [1.54, 1.807) is 21.4 Å². The fourth-order valence-electron chi connectivity index (χ4n) is 1.97. The van der Waals surface area contributed by atoms with E-state index < -0.39 is 12.6 Å². The first-order chi connectivity index (χ1) is 8.24. The monoisotopic (exact) mass is 287 g/mol. The second-order valence-electron chi connectivity index (χ2n) is 5.08. The Hall–Kier alpha value is 0.506. The number of hydrogen-bond acceptors (Lipinski definition) is 0. The minimum atomic E-state index is -0.542. The molecule has 0 spiro atoms. The van der Waals surface area contributed by atoms with Crippen LogP contribution in [0.15, 0.2) is 0 Å². The zero-order valence-electron chi connectivity index (χ0n) is 12.8. The van der Waals surface area contributed by atoms with Crippen LogP contribution in [0.1, 0.15) is 79.1 Å². The van der Waals surface area contributed by atoms with Crippen LogP contribution in [0.25, 0.3) is 0 Å². The molecular formula is C16H36Co. The van der Waals surface area contributed by atoms with E-state index in [-0.39, 0.29) is 0 Å². The zero-order chi connectivity index (χ0) is 13.0. The Morgan fingerprint density at radius 2 is 0.706 bits per heavy atom. The Labute approximate surface area is 113 Å². The molecule has 0 fully saturated rings. The van der Waals surface area contributed by atoms with Gasteiger partial charge in [-0.25, -0.2) is 0 Å². The van der Waals surface area contributed by atoms with Crippen LogP contribution in [0, 0.1) is 0 Å². The van der Waals surface area contributed by atoms with Crippen molar-refractivity contribution in [1.82, 2.24) is 0 Å². The predicted octanol–water partition coefficient (Wildman–Crippen LogP) is 7.01. The van der Waals surface area contributed by atoms with Gasteiger partial charge in [0, 0.05) is 0 Å². The van der Waals surface area contributed by atoms with Crippen LogP contribution in [-0.2, 0) is 12.6 Å². The summed E-state index contributed by atoms with van der Waals surface area (Å²) in [5.41, 5.74) is 0. The molecule has 0 aromatic heterocycles. The molecule has 0 N–H and O–H groups in total. The van der Waals surface area contributed by atoms with Crippen LogP contribution >= 0.6 is 0 Å². The SMILES string of the molecule is CCC[CH2][Co]([CH2]CCC)([CH2]CCC)[CH2]CCC. The Balaban J connectivity index is 4.39. The van der Waals surface area contributed by atoms with Crippen LogP contribution in [0.3, 0.4) is 0 Å². The van der Waals surface area contributed by atoms with E-state index in [1.807, 2.05) is 0 Å². The fourth-order valence-corrected chi connectivity index (χ4v) is 8.13. The van der Waals surface area contributed by atoms with Crippen molar-refractivity contribution in [3.63, 3.8) is 0 Å². The normalized spacial score (nSPS) is 12.9. The zero-order valence-corrected chi connectivity index (χ0v) is 13.9. The molecule has 0 aromatic rings. The first-order valence-corrected chi connectivity index (χ1v) is 10.7. The second-order valence-corrected chi connectivity index (χ2v) is 10.3. The van der Waals surface area contributed by atoms with Crippen LogP contribution in [0.2, 0.25) is 21.4 Å². The van der Waals surface area contributed by atoms with Crippen molar-refractivity contribution in [2.24, 2.45) is 0 Å². The fraction of sp³-hybridized carbons (Fsp3) is 1.00. The van der Waals surface area contributed by atoms with Gasteiger partial charge in [0.15, 0.2) is 0 Å². The van der Waals surface area contributed by atoms with E-state index in [0.29, 0.717) is 0 Å². The van der Waals surface area contributed by atoms with E-state index in [1.165, 1.54) is 51.4 Å². The van der Waals surface area contributed by atoms with Gasteiger partial charge in [-0.3, -0.25) is 0 Å². The van der Waals surface area contributed by atoms with E-state index >= 15 is 0 Å². The van der Waals surface area contributed by atoms with Crippen LogP contribution in [0.5, 0.6) is 0 Å². The van der Waals surface area contributed by atoms with Crippen molar-refractivity contribution in [1.29, 1.82) is 0 Å². The molecule has 0 saturated heterocycles. The van der Waals surface area contributed by atoms with Crippen molar-refractivity contribution in [3.05, 3.63) is 0 Å². The molecule has 0 unspecified atom stereocenters. The summed E-state index contributed by atoms with van der Waals surface area (Å²) in [4.78, 5) is 0. The molecule has 0 aliphatic heterocycles. The molecule has 0 saturated carbocycles. The number of rotatable bonds is 12. The standard InChI is InChI=1S/4C4H9.Co/c4*1-3-4-2;/h4*1,3-4H2,2H3;. The average molecular weight is 287 g/mol. The van der Waals surface area contributed by atoms with Gasteiger partial charge < -0.3 is 0 Å². The van der Waals surface area contributed by atoms with Gasteiger partial charge >= 0.3 is 113 Å². The second kappa shape index (κ2) is 11.6. The molecule has 0 aliphatic rings. The maximum atomic E-state index is 2.36. The molecule has 0 nitrogen and oxygen atoms in total. The van der Waals surface area contributed by atoms with Gasteiger partial charge in [0.1, 0.15) is 0 Å². The van der Waals surface area contributed by atoms with Gasteiger partial charge in [0.2, 0.25) is 0 Å². The van der Waals surface area contributed by atoms with Gasteiger partial charge in [-0.15, -0.1) is 0 Å². The Morgan fingerprint density at radius 1 is 0.471 bits per heavy atom. The Morgan fingerprint density at radius 3 is 0.882 bits per heavy atom. The summed E-state index contributed by atoms with van der Waals surface area (Å²) in [6.07, 6.45) is 11.5. The van der Waals surface area contributed by atoms with Crippen molar-refractivity contribution in [3.8, 4) is 0 Å². The number of hydrogen-bond donors (Lipinski definition) is 0. The van der Waals surface area contributed by atoms with E-state index in [4.69, 9.17) is 0 Å². The molecule has 0 heterocycles. The van der Waals surface area contributed by atoms with Crippen molar-refractivity contribution in [2.45, 2.75) is 100 Å². The molecular weight excluding hydrogens is 251 g/mol. The summed E-state index contributed by atoms with van der Waals surface area (Å²) in [7, 11) is 0. The molecule has 1 heteroatoms. The molecule has 17 heavy (non-hydrogen) atoms. The first-order valence-electron chi connectivity index (χ1n) is 7.77. The van der Waals surface area contributed by atoms with Gasteiger partial charge in [-0.2, -0.15) is 0 Å². The summed E-state index contributed by atoms with van der Waals surface area (Å²) < 4.78 is 0.